The lowest BCUT2D eigenvalue weighted by Crippen LogP contribution is -2.44. The molecule has 5 nitrogen and oxygen atoms in total. The van der Waals surface area contributed by atoms with Crippen LogP contribution in [0.1, 0.15) is 74.5 Å². The summed E-state index contributed by atoms with van der Waals surface area (Å²) in [4.78, 5) is 12.1. The molecule has 3 aliphatic heterocycles. The van der Waals surface area contributed by atoms with Crippen molar-refractivity contribution >= 4 is 17.6 Å². The van der Waals surface area contributed by atoms with E-state index in [0.29, 0.717) is 17.4 Å². The van der Waals surface area contributed by atoms with E-state index in [9.17, 15) is 8.78 Å². The van der Waals surface area contributed by atoms with E-state index >= 15 is 0 Å². The molecule has 1 atom stereocenters. The van der Waals surface area contributed by atoms with E-state index in [1.807, 2.05) is 19.9 Å². The molecule has 33 heavy (non-hydrogen) atoms. The molecule has 1 aromatic heterocycles. The molecule has 0 amide bonds. The SMILES string of the molecule is C/C1=c2\nc(C)nc(N[C@H](C)c3cccc(C(F)F)c3C)\c2=C\NC2CCN(CCC1)CC2. The Labute approximate surface area is 195 Å². The van der Waals surface area contributed by atoms with Crippen molar-refractivity contribution in [3.05, 3.63) is 51.3 Å². The minimum atomic E-state index is -2.49. The molecule has 0 aliphatic carbocycles. The van der Waals surface area contributed by atoms with Gasteiger partial charge in [0.2, 0.25) is 0 Å². The van der Waals surface area contributed by atoms with E-state index < -0.39 is 6.43 Å². The first kappa shape index (κ1) is 23.6. The first-order valence-electron chi connectivity index (χ1n) is 12.0. The Bertz CT molecular complexity index is 1110. The van der Waals surface area contributed by atoms with E-state index in [1.54, 1.807) is 13.0 Å². The lowest BCUT2D eigenvalue weighted by molar-refractivity contribution is 0.150. The van der Waals surface area contributed by atoms with Gasteiger partial charge in [0.05, 0.1) is 16.6 Å². The minimum absolute atomic E-state index is 0.0825. The van der Waals surface area contributed by atoms with Crippen LogP contribution in [0.2, 0.25) is 0 Å². The Hall–Kier alpha value is -2.54. The quantitative estimate of drug-likeness (QED) is 0.731. The van der Waals surface area contributed by atoms with Crippen LogP contribution in [-0.4, -0.2) is 40.5 Å². The fourth-order valence-corrected chi connectivity index (χ4v) is 5.02. The molecule has 3 aliphatic rings. The van der Waals surface area contributed by atoms with Crippen molar-refractivity contribution in [1.82, 2.24) is 20.2 Å². The Morgan fingerprint density at radius 2 is 1.79 bits per heavy atom. The maximum Gasteiger partial charge on any atom is 0.264 e. The number of aryl methyl sites for hydroxylation is 1. The number of halogens is 2. The molecule has 4 heterocycles. The Morgan fingerprint density at radius 1 is 1.06 bits per heavy atom. The second kappa shape index (κ2) is 10.2. The van der Waals surface area contributed by atoms with Crippen molar-refractivity contribution in [2.75, 3.05) is 25.0 Å². The van der Waals surface area contributed by atoms with Crippen LogP contribution >= 0.6 is 0 Å². The van der Waals surface area contributed by atoms with Crippen molar-refractivity contribution in [2.45, 2.75) is 71.9 Å². The third-order valence-corrected chi connectivity index (χ3v) is 7.01. The monoisotopic (exact) mass is 455 g/mol. The van der Waals surface area contributed by atoms with Gasteiger partial charge in [0.1, 0.15) is 11.6 Å². The van der Waals surface area contributed by atoms with Gasteiger partial charge in [0.25, 0.3) is 6.43 Å². The number of alkyl halides is 2. The zero-order chi connectivity index (χ0) is 23.5. The number of hydrogen-bond donors (Lipinski definition) is 2. The molecule has 2 N–H and O–H groups in total. The summed E-state index contributed by atoms with van der Waals surface area (Å²) in [6.07, 6.45) is 3.94. The first-order chi connectivity index (χ1) is 15.8. The van der Waals surface area contributed by atoms with E-state index in [2.05, 4.69) is 28.7 Å². The maximum absolute atomic E-state index is 13.4. The van der Waals surface area contributed by atoms with Crippen molar-refractivity contribution in [2.24, 2.45) is 0 Å². The molecule has 178 valence electrons. The van der Waals surface area contributed by atoms with Crippen LogP contribution in [0.25, 0.3) is 11.8 Å². The fraction of sp³-hybridized carbons (Fsp3) is 0.538. The van der Waals surface area contributed by atoms with Gasteiger partial charge in [0, 0.05) is 30.9 Å². The zero-order valence-corrected chi connectivity index (χ0v) is 20.1. The van der Waals surface area contributed by atoms with E-state index in [4.69, 9.17) is 9.97 Å². The number of nitrogens with zero attached hydrogens (tertiary/aromatic N) is 3. The van der Waals surface area contributed by atoms with Gasteiger partial charge in [0.15, 0.2) is 0 Å². The Kier molecular flexibility index (Phi) is 7.27. The van der Waals surface area contributed by atoms with Crippen LogP contribution in [0.4, 0.5) is 14.6 Å². The summed E-state index contributed by atoms with van der Waals surface area (Å²) in [7, 11) is 0. The third-order valence-electron chi connectivity index (χ3n) is 7.01. The molecule has 1 saturated heterocycles. The van der Waals surface area contributed by atoms with Crippen LogP contribution in [0.3, 0.4) is 0 Å². The highest BCUT2D eigenvalue weighted by molar-refractivity contribution is 5.50. The Morgan fingerprint density at radius 3 is 2.52 bits per heavy atom. The van der Waals surface area contributed by atoms with Gasteiger partial charge in [-0.3, -0.25) is 0 Å². The van der Waals surface area contributed by atoms with Crippen molar-refractivity contribution in [3.8, 4) is 0 Å². The first-order valence-corrected chi connectivity index (χ1v) is 12.0. The molecule has 1 aromatic carbocycles. The lowest BCUT2D eigenvalue weighted by atomic mass is 9.97. The predicted octanol–water partition coefficient (Wildman–Crippen LogP) is 3.96. The Balaban J connectivity index is 1.76. The smallest absolute Gasteiger partial charge is 0.264 e. The molecule has 0 unspecified atom stereocenters. The summed E-state index contributed by atoms with van der Waals surface area (Å²) < 4.78 is 26.9. The maximum atomic E-state index is 13.4. The van der Waals surface area contributed by atoms with Crippen LogP contribution in [-0.2, 0) is 0 Å². The van der Waals surface area contributed by atoms with E-state index in [1.165, 1.54) is 11.6 Å². The second-order valence-corrected chi connectivity index (χ2v) is 9.42. The molecule has 0 spiro atoms. The fourth-order valence-electron chi connectivity index (χ4n) is 5.02. The highest BCUT2D eigenvalue weighted by Crippen LogP contribution is 2.28. The number of aromatic nitrogens is 2. The van der Waals surface area contributed by atoms with Gasteiger partial charge in [-0.1, -0.05) is 18.2 Å². The van der Waals surface area contributed by atoms with Crippen LogP contribution in [0.15, 0.2) is 18.2 Å². The molecule has 1 fully saturated rings. The summed E-state index contributed by atoms with van der Waals surface area (Å²) in [6.45, 7) is 11.2. The molecule has 2 aromatic rings. The summed E-state index contributed by atoms with van der Waals surface area (Å²) >= 11 is 0. The molecular weight excluding hydrogens is 420 g/mol. The molecule has 7 heteroatoms. The standard InChI is InChI=1S/C26H35F2N5/c1-16-7-6-12-33-13-10-20(11-14-33)29-15-23-24(16)31-19(4)32-26(23)30-18(3)21-8-5-9-22(17(21)2)25(27)28/h5,8-9,15,18,20,25,29H,6-7,10-14H2,1-4H3,(H,30,31,32)/b23-15+,24-16+/t18-/m1/s1. The number of piperidine rings is 1. The van der Waals surface area contributed by atoms with Crippen molar-refractivity contribution in [1.29, 1.82) is 0 Å². The van der Waals surface area contributed by atoms with Crippen LogP contribution in [0.5, 0.6) is 0 Å². The molecule has 0 radical (unpaired) electrons. The summed E-state index contributed by atoms with van der Waals surface area (Å²) in [5, 5.41) is 9.07. The topological polar surface area (TPSA) is 53.1 Å². The van der Waals surface area contributed by atoms with Crippen molar-refractivity contribution in [3.63, 3.8) is 0 Å². The number of fused-ring (bicyclic) bond motifs is 6. The van der Waals surface area contributed by atoms with Gasteiger partial charge in [-0.2, -0.15) is 0 Å². The summed E-state index contributed by atoms with van der Waals surface area (Å²) in [5.74, 6) is 1.44. The molecule has 5 rings (SSSR count). The lowest BCUT2D eigenvalue weighted by Gasteiger charge is -2.32. The number of anilines is 1. The zero-order valence-electron chi connectivity index (χ0n) is 20.1. The number of hydrogen-bond acceptors (Lipinski definition) is 5. The summed E-state index contributed by atoms with van der Waals surface area (Å²) in [5.41, 5.74) is 2.81. The minimum Gasteiger partial charge on any atom is -0.387 e. The third kappa shape index (κ3) is 5.35. The average molecular weight is 456 g/mol. The molecule has 0 saturated carbocycles. The number of nitrogens with one attached hydrogen (secondary N) is 2. The van der Waals surface area contributed by atoms with Gasteiger partial charge in [-0.05, 0) is 76.6 Å². The van der Waals surface area contributed by atoms with Gasteiger partial charge >= 0.3 is 0 Å². The average Bonchev–Trinajstić information content (AvgIpc) is 2.78. The van der Waals surface area contributed by atoms with Crippen LogP contribution < -0.4 is 21.2 Å². The molecular formula is C26H35F2N5. The molecule has 2 bridgehead atoms. The van der Waals surface area contributed by atoms with Gasteiger partial charge in [-0.25, -0.2) is 18.7 Å². The normalized spacial score (nSPS) is 24.6. The summed E-state index contributed by atoms with van der Waals surface area (Å²) in [6, 6.07) is 5.37. The largest absolute Gasteiger partial charge is 0.387 e. The highest BCUT2D eigenvalue weighted by Gasteiger charge is 2.20. The van der Waals surface area contributed by atoms with E-state index in [-0.39, 0.29) is 11.6 Å². The number of benzene rings is 1. The second-order valence-electron chi connectivity index (χ2n) is 9.42. The predicted molar refractivity (Wildman–Crippen MR) is 130 cm³/mol. The highest BCUT2D eigenvalue weighted by atomic mass is 19.3. The van der Waals surface area contributed by atoms with Gasteiger partial charge in [-0.15, -0.1) is 0 Å². The van der Waals surface area contributed by atoms with Crippen molar-refractivity contribution < 1.29 is 8.78 Å². The van der Waals surface area contributed by atoms with E-state index in [0.717, 1.165) is 67.3 Å². The van der Waals surface area contributed by atoms with Crippen LogP contribution in [0, 0.1) is 13.8 Å². The van der Waals surface area contributed by atoms with Gasteiger partial charge < -0.3 is 15.5 Å². The number of rotatable bonds is 4.